The van der Waals surface area contributed by atoms with E-state index < -0.39 is 0 Å². The van der Waals surface area contributed by atoms with Crippen molar-refractivity contribution in [2.45, 2.75) is 32.5 Å². The van der Waals surface area contributed by atoms with Crippen LogP contribution in [0.25, 0.3) is 0 Å². The van der Waals surface area contributed by atoms with Crippen LogP contribution in [0.3, 0.4) is 0 Å². The van der Waals surface area contributed by atoms with Gasteiger partial charge < -0.3 is 15.4 Å². The molecular weight excluding hydrogens is 280 g/mol. The van der Waals surface area contributed by atoms with Gasteiger partial charge in [-0.2, -0.15) is 0 Å². The molecule has 0 aliphatic carbocycles. The van der Waals surface area contributed by atoms with Crippen LogP contribution >= 0.6 is 15.9 Å². The van der Waals surface area contributed by atoms with Crippen molar-refractivity contribution >= 4 is 21.6 Å². The van der Waals surface area contributed by atoms with Gasteiger partial charge in [0, 0.05) is 34.9 Å². The fourth-order valence-electron chi connectivity index (χ4n) is 2.26. The maximum atomic E-state index is 5.85. The standard InChI is InChI=1S/C13H19BrN2O/c1-9-8-17-10(2)7-16(9)13-5-3-4-12(14)11(13)6-15/h3-5,9-10H,6-8,15H2,1-2H3. The summed E-state index contributed by atoms with van der Waals surface area (Å²) in [6.45, 7) is 6.55. The quantitative estimate of drug-likeness (QED) is 0.912. The van der Waals surface area contributed by atoms with Gasteiger partial charge in [-0.3, -0.25) is 0 Å². The molecule has 94 valence electrons. The minimum Gasteiger partial charge on any atom is -0.375 e. The Morgan fingerprint density at radius 3 is 2.94 bits per heavy atom. The summed E-state index contributed by atoms with van der Waals surface area (Å²) in [7, 11) is 0. The Bertz CT molecular complexity index is 397. The molecule has 4 heteroatoms. The number of hydrogen-bond donors (Lipinski definition) is 1. The summed E-state index contributed by atoms with van der Waals surface area (Å²) in [6.07, 6.45) is 0.274. The van der Waals surface area contributed by atoms with Crippen molar-refractivity contribution < 1.29 is 4.74 Å². The van der Waals surface area contributed by atoms with Gasteiger partial charge in [-0.1, -0.05) is 22.0 Å². The summed E-state index contributed by atoms with van der Waals surface area (Å²) in [5, 5.41) is 0. The average Bonchev–Trinajstić information content (AvgIpc) is 2.32. The number of morpholine rings is 1. The normalized spacial score (nSPS) is 25.1. The smallest absolute Gasteiger partial charge is 0.0723 e. The highest BCUT2D eigenvalue weighted by Crippen LogP contribution is 2.30. The van der Waals surface area contributed by atoms with Gasteiger partial charge in [0.05, 0.1) is 12.7 Å². The van der Waals surface area contributed by atoms with Crippen LogP contribution < -0.4 is 10.6 Å². The summed E-state index contributed by atoms with van der Waals surface area (Å²) in [5.74, 6) is 0. The molecule has 0 aromatic heterocycles. The SMILES string of the molecule is CC1CN(c2cccc(Br)c2CN)C(C)CO1. The monoisotopic (exact) mass is 298 g/mol. The zero-order valence-electron chi connectivity index (χ0n) is 10.3. The van der Waals surface area contributed by atoms with Gasteiger partial charge in [0.15, 0.2) is 0 Å². The second-order valence-corrected chi connectivity index (χ2v) is 5.44. The topological polar surface area (TPSA) is 38.5 Å². The predicted molar refractivity (Wildman–Crippen MR) is 74.3 cm³/mol. The van der Waals surface area contributed by atoms with E-state index in [1.165, 1.54) is 11.3 Å². The lowest BCUT2D eigenvalue weighted by Crippen LogP contribution is -2.47. The summed E-state index contributed by atoms with van der Waals surface area (Å²) >= 11 is 3.57. The molecule has 1 aromatic rings. The Morgan fingerprint density at radius 1 is 1.47 bits per heavy atom. The van der Waals surface area contributed by atoms with E-state index in [2.05, 4.69) is 46.8 Å². The van der Waals surface area contributed by atoms with Crippen LogP contribution in [-0.4, -0.2) is 25.3 Å². The Labute approximate surface area is 111 Å². The van der Waals surface area contributed by atoms with Gasteiger partial charge in [0.2, 0.25) is 0 Å². The van der Waals surface area contributed by atoms with Crippen molar-refractivity contribution in [1.29, 1.82) is 0 Å². The third-order valence-corrected chi connectivity index (χ3v) is 3.96. The van der Waals surface area contributed by atoms with E-state index in [1.54, 1.807) is 0 Å². The molecular formula is C13H19BrN2O. The molecule has 2 atom stereocenters. The number of halogens is 1. The first-order chi connectivity index (χ1) is 8.13. The lowest BCUT2D eigenvalue weighted by Gasteiger charge is -2.39. The van der Waals surface area contributed by atoms with Crippen molar-refractivity contribution in [1.82, 2.24) is 0 Å². The Kier molecular flexibility index (Phi) is 4.07. The number of benzene rings is 1. The third kappa shape index (κ3) is 2.64. The van der Waals surface area contributed by atoms with E-state index in [-0.39, 0.29) is 6.10 Å². The summed E-state index contributed by atoms with van der Waals surface area (Å²) < 4.78 is 6.75. The molecule has 2 unspecified atom stereocenters. The summed E-state index contributed by atoms with van der Waals surface area (Å²) in [6, 6.07) is 6.64. The highest BCUT2D eigenvalue weighted by atomic mass is 79.9. The predicted octanol–water partition coefficient (Wildman–Crippen LogP) is 2.52. The largest absolute Gasteiger partial charge is 0.375 e. The molecule has 2 N–H and O–H groups in total. The van der Waals surface area contributed by atoms with Gasteiger partial charge in [-0.05, 0) is 26.0 Å². The van der Waals surface area contributed by atoms with E-state index in [9.17, 15) is 0 Å². The van der Waals surface area contributed by atoms with E-state index in [0.29, 0.717) is 12.6 Å². The van der Waals surface area contributed by atoms with Crippen LogP contribution in [0.15, 0.2) is 22.7 Å². The molecule has 0 bridgehead atoms. The Hall–Kier alpha value is -0.580. The number of nitrogens with two attached hydrogens (primary N) is 1. The minimum atomic E-state index is 0.274. The van der Waals surface area contributed by atoms with Crippen LogP contribution in [0.1, 0.15) is 19.4 Å². The fourth-order valence-corrected chi connectivity index (χ4v) is 2.77. The Balaban J connectivity index is 2.35. The van der Waals surface area contributed by atoms with Gasteiger partial charge in [-0.15, -0.1) is 0 Å². The second kappa shape index (κ2) is 5.38. The molecule has 3 nitrogen and oxygen atoms in total. The van der Waals surface area contributed by atoms with E-state index in [1.807, 2.05) is 6.07 Å². The lowest BCUT2D eigenvalue weighted by molar-refractivity contribution is 0.0343. The number of rotatable bonds is 2. The Morgan fingerprint density at radius 2 is 2.24 bits per heavy atom. The minimum absolute atomic E-state index is 0.274. The summed E-state index contributed by atoms with van der Waals surface area (Å²) in [5.41, 5.74) is 8.25. The van der Waals surface area contributed by atoms with Crippen LogP contribution in [0, 0.1) is 0 Å². The zero-order valence-corrected chi connectivity index (χ0v) is 11.9. The van der Waals surface area contributed by atoms with Crippen LogP contribution in [0.2, 0.25) is 0 Å². The first kappa shape index (κ1) is 12.9. The van der Waals surface area contributed by atoms with E-state index in [0.717, 1.165) is 17.6 Å². The first-order valence-electron chi connectivity index (χ1n) is 5.99. The number of ether oxygens (including phenoxy) is 1. The van der Waals surface area contributed by atoms with Gasteiger partial charge >= 0.3 is 0 Å². The maximum absolute atomic E-state index is 5.85. The van der Waals surface area contributed by atoms with Crippen molar-refractivity contribution in [3.8, 4) is 0 Å². The molecule has 1 aromatic carbocycles. The van der Waals surface area contributed by atoms with Crippen molar-refractivity contribution in [2.24, 2.45) is 5.73 Å². The average molecular weight is 299 g/mol. The summed E-state index contributed by atoms with van der Waals surface area (Å²) in [4.78, 5) is 2.39. The lowest BCUT2D eigenvalue weighted by atomic mass is 10.1. The van der Waals surface area contributed by atoms with Gasteiger partial charge in [0.25, 0.3) is 0 Å². The number of anilines is 1. The molecule has 17 heavy (non-hydrogen) atoms. The van der Waals surface area contributed by atoms with Crippen molar-refractivity contribution in [3.63, 3.8) is 0 Å². The van der Waals surface area contributed by atoms with Gasteiger partial charge in [0.1, 0.15) is 0 Å². The van der Waals surface area contributed by atoms with Crippen molar-refractivity contribution in [2.75, 3.05) is 18.1 Å². The van der Waals surface area contributed by atoms with Crippen LogP contribution in [-0.2, 0) is 11.3 Å². The zero-order chi connectivity index (χ0) is 12.4. The second-order valence-electron chi connectivity index (χ2n) is 4.59. The van der Waals surface area contributed by atoms with E-state index >= 15 is 0 Å². The molecule has 0 radical (unpaired) electrons. The molecule has 1 fully saturated rings. The fraction of sp³-hybridized carbons (Fsp3) is 0.538. The van der Waals surface area contributed by atoms with E-state index in [4.69, 9.17) is 10.5 Å². The third-order valence-electron chi connectivity index (χ3n) is 3.22. The molecule has 1 saturated heterocycles. The maximum Gasteiger partial charge on any atom is 0.0723 e. The highest BCUT2D eigenvalue weighted by Gasteiger charge is 2.25. The number of hydrogen-bond acceptors (Lipinski definition) is 3. The van der Waals surface area contributed by atoms with Gasteiger partial charge in [-0.25, -0.2) is 0 Å². The van der Waals surface area contributed by atoms with Crippen molar-refractivity contribution in [3.05, 3.63) is 28.2 Å². The molecule has 1 heterocycles. The molecule has 0 saturated carbocycles. The number of nitrogens with zero attached hydrogens (tertiary/aromatic N) is 1. The molecule has 2 rings (SSSR count). The molecule has 1 aliphatic heterocycles. The molecule has 1 aliphatic rings. The van der Waals surface area contributed by atoms with Crippen LogP contribution in [0.5, 0.6) is 0 Å². The molecule has 0 amide bonds. The highest BCUT2D eigenvalue weighted by molar-refractivity contribution is 9.10. The molecule has 0 spiro atoms. The van der Waals surface area contributed by atoms with Crippen LogP contribution in [0.4, 0.5) is 5.69 Å². The first-order valence-corrected chi connectivity index (χ1v) is 6.78.